The molecule has 0 spiro atoms. The van der Waals surface area contributed by atoms with E-state index in [1.165, 1.54) is 17.7 Å². The van der Waals surface area contributed by atoms with Gasteiger partial charge in [-0.3, -0.25) is 4.79 Å². The molecule has 2 aromatic carbocycles. The summed E-state index contributed by atoms with van der Waals surface area (Å²) in [5, 5.41) is 3.25. The van der Waals surface area contributed by atoms with E-state index in [1.807, 2.05) is 31.2 Å². The predicted molar refractivity (Wildman–Crippen MR) is 77.4 cm³/mol. The van der Waals surface area contributed by atoms with Gasteiger partial charge in [0.05, 0.1) is 6.04 Å². The van der Waals surface area contributed by atoms with Gasteiger partial charge in [0.25, 0.3) is 0 Å². The van der Waals surface area contributed by atoms with Crippen LogP contribution in [0, 0.1) is 12.7 Å². The summed E-state index contributed by atoms with van der Waals surface area (Å²) in [5.41, 5.74) is 3.92. The maximum absolute atomic E-state index is 13.3. The van der Waals surface area contributed by atoms with E-state index in [2.05, 4.69) is 5.32 Å². The number of hydrogen-bond donors (Lipinski definition) is 1. The van der Waals surface area contributed by atoms with Crippen LogP contribution in [0.1, 0.15) is 16.7 Å². The number of hydrogen-bond acceptors (Lipinski definition) is 2. The summed E-state index contributed by atoms with van der Waals surface area (Å²) in [7, 11) is 0. The van der Waals surface area contributed by atoms with Crippen molar-refractivity contribution in [3.8, 4) is 0 Å². The first kappa shape index (κ1) is 12.9. The Labute approximate surface area is 117 Å². The lowest BCUT2D eigenvalue weighted by molar-refractivity contribution is -0.119. The lowest BCUT2D eigenvalue weighted by Crippen LogP contribution is -2.28. The van der Waals surface area contributed by atoms with Gasteiger partial charge in [0.15, 0.2) is 5.78 Å². The Balaban J connectivity index is 1.74. The molecule has 0 saturated carbocycles. The lowest BCUT2D eigenvalue weighted by Gasteiger charge is -2.11. The molecule has 20 heavy (non-hydrogen) atoms. The Bertz CT molecular complexity index is 641. The van der Waals surface area contributed by atoms with Crippen molar-refractivity contribution in [1.82, 2.24) is 0 Å². The highest BCUT2D eigenvalue weighted by molar-refractivity contribution is 5.91. The lowest BCUT2D eigenvalue weighted by atomic mass is 9.98. The summed E-state index contributed by atoms with van der Waals surface area (Å²) in [4.78, 5) is 12.4. The molecule has 1 unspecified atom stereocenters. The van der Waals surface area contributed by atoms with E-state index in [0.29, 0.717) is 6.42 Å². The molecule has 0 saturated heterocycles. The van der Waals surface area contributed by atoms with Gasteiger partial charge in [0, 0.05) is 18.5 Å². The number of benzene rings is 2. The average Bonchev–Trinajstić information content (AvgIpc) is 2.87. The molecule has 0 aliphatic carbocycles. The van der Waals surface area contributed by atoms with E-state index in [-0.39, 0.29) is 24.1 Å². The topological polar surface area (TPSA) is 29.1 Å². The Morgan fingerprint density at radius 3 is 2.90 bits per heavy atom. The molecule has 2 nitrogen and oxygen atoms in total. The number of halogens is 1. The quantitative estimate of drug-likeness (QED) is 0.926. The van der Waals surface area contributed by atoms with Crippen molar-refractivity contribution in [1.29, 1.82) is 0 Å². The third-order valence-corrected chi connectivity index (χ3v) is 3.84. The van der Waals surface area contributed by atoms with E-state index in [9.17, 15) is 9.18 Å². The first-order valence-electron chi connectivity index (χ1n) is 6.75. The molecule has 2 aromatic rings. The molecule has 1 aliphatic rings. The summed E-state index contributed by atoms with van der Waals surface area (Å²) < 4.78 is 13.3. The highest BCUT2D eigenvalue weighted by Crippen LogP contribution is 2.26. The van der Waals surface area contributed by atoms with Gasteiger partial charge in [0.1, 0.15) is 5.82 Å². The maximum atomic E-state index is 13.3. The van der Waals surface area contributed by atoms with Crippen LogP contribution in [0.4, 0.5) is 10.1 Å². The zero-order chi connectivity index (χ0) is 14.1. The van der Waals surface area contributed by atoms with Gasteiger partial charge < -0.3 is 5.32 Å². The van der Waals surface area contributed by atoms with Crippen LogP contribution in [0.15, 0.2) is 42.5 Å². The van der Waals surface area contributed by atoms with Gasteiger partial charge in [-0.2, -0.15) is 0 Å². The molecular formula is C17H16FNO. The van der Waals surface area contributed by atoms with Crippen LogP contribution in [0.2, 0.25) is 0 Å². The van der Waals surface area contributed by atoms with Crippen LogP contribution in [-0.2, 0) is 17.6 Å². The second-order valence-corrected chi connectivity index (χ2v) is 5.27. The van der Waals surface area contributed by atoms with Crippen molar-refractivity contribution in [2.45, 2.75) is 25.8 Å². The predicted octanol–water partition coefficient (Wildman–Crippen LogP) is 3.28. The third kappa shape index (κ3) is 2.44. The van der Waals surface area contributed by atoms with Crippen LogP contribution < -0.4 is 5.32 Å². The molecule has 102 valence electrons. The minimum absolute atomic E-state index is 0.106. The van der Waals surface area contributed by atoms with Gasteiger partial charge in [-0.05, 0) is 41.8 Å². The molecule has 0 bridgehead atoms. The first-order valence-corrected chi connectivity index (χ1v) is 6.75. The summed E-state index contributed by atoms with van der Waals surface area (Å²) in [6.07, 6.45) is 0.985. The molecule has 1 N–H and O–H groups in total. The molecule has 0 aromatic heterocycles. The maximum Gasteiger partial charge on any atom is 0.159 e. The number of carbonyl (C=O) groups excluding carboxylic acids is 1. The molecule has 1 heterocycles. The zero-order valence-electron chi connectivity index (χ0n) is 11.3. The largest absolute Gasteiger partial charge is 0.375 e. The highest BCUT2D eigenvalue weighted by atomic mass is 19.1. The fraction of sp³-hybridized carbons (Fsp3) is 0.235. The standard InChI is InChI=1S/C17H16FNO/c1-11-6-7-14(18)8-13(11)10-17(20)16-9-12-4-2-3-5-15(12)19-16/h2-8,16,19H,9-10H2,1H3. The smallest absolute Gasteiger partial charge is 0.159 e. The van der Waals surface area contributed by atoms with Gasteiger partial charge in [0.2, 0.25) is 0 Å². The fourth-order valence-corrected chi connectivity index (χ4v) is 2.63. The van der Waals surface area contributed by atoms with Gasteiger partial charge in [-0.25, -0.2) is 4.39 Å². The van der Waals surface area contributed by atoms with Crippen molar-refractivity contribution < 1.29 is 9.18 Å². The monoisotopic (exact) mass is 269 g/mol. The number of Topliss-reactive ketones (excluding diaryl/α,β-unsaturated/α-hetero) is 1. The van der Waals surface area contributed by atoms with Gasteiger partial charge in [-0.1, -0.05) is 24.3 Å². The number of ketones is 1. The highest BCUT2D eigenvalue weighted by Gasteiger charge is 2.26. The average molecular weight is 269 g/mol. The Morgan fingerprint density at radius 1 is 1.30 bits per heavy atom. The normalized spacial score (nSPS) is 16.6. The number of rotatable bonds is 3. The van der Waals surface area contributed by atoms with Crippen molar-refractivity contribution in [2.75, 3.05) is 5.32 Å². The molecule has 0 amide bonds. The van der Waals surface area contributed by atoms with E-state index < -0.39 is 0 Å². The number of fused-ring (bicyclic) bond motifs is 1. The second kappa shape index (κ2) is 5.08. The van der Waals surface area contributed by atoms with Crippen LogP contribution in [0.5, 0.6) is 0 Å². The molecule has 3 rings (SSSR count). The van der Waals surface area contributed by atoms with E-state index >= 15 is 0 Å². The molecule has 0 radical (unpaired) electrons. The number of anilines is 1. The number of para-hydroxylation sites is 1. The molecule has 1 atom stereocenters. The van der Waals surface area contributed by atoms with Gasteiger partial charge in [-0.15, -0.1) is 0 Å². The summed E-state index contributed by atoms with van der Waals surface area (Å²) in [6, 6.07) is 12.3. The van der Waals surface area contributed by atoms with Crippen molar-refractivity contribution in [2.24, 2.45) is 0 Å². The van der Waals surface area contributed by atoms with Gasteiger partial charge >= 0.3 is 0 Å². The van der Waals surface area contributed by atoms with Crippen LogP contribution >= 0.6 is 0 Å². The van der Waals surface area contributed by atoms with Crippen LogP contribution in [-0.4, -0.2) is 11.8 Å². The van der Waals surface area contributed by atoms with E-state index in [1.54, 1.807) is 6.07 Å². The third-order valence-electron chi connectivity index (χ3n) is 3.84. The summed E-state index contributed by atoms with van der Waals surface area (Å²) >= 11 is 0. The van der Waals surface area contributed by atoms with E-state index in [0.717, 1.165) is 16.8 Å². The summed E-state index contributed by atoms with van der Waals surface area (Å²) in [5.74, 6) is -0.184. The minimum atomic E-state index is -0.291. The molecule has 1 aliphatic heterocycles. The Morgan fingerprint density at radius 2 is 2.10 bits per heavy atom. The minimum Gasteiger partial charge on any atom is -0.375 e. The molecular weight excluding hydrogens is 253 g/mol. The molecule has 3 heteroatoms. The first-order chi connectivity index (χ1) is 9.63. The molecule has 0 fully saturated rings. The van der Waals surface area contributed by atoms with E-state index in [4.69, 9.17) is 0 Å². The second-order valence-electron chi connectivity index (χ2n) is 5.27. The SMILES string of the molecule is Cc1ccc(F)cc1CC(=O)C1Cc2ccccc2N1. The van der Waals surface area contributed by atoms with Crippen LogP contribution in [0.25, 0.3) is 0 Å². The van der Waals surface area contributed by atoms with Crippen molar-refractivity contribution in [3.63, 3.8) is 0 Å². The zero-order valence-corrected chi connectivity index (χ0v) is 11.3. The fourth-order valence-electron chi connectivity index (χ4n) is 2.63. The van der Waals surface area contributed by atoms with Crippen LogP contribution in [0.3, 0.4) is 0 Å². The Kier molecular flexibility index (Phi) is 3.26. The number of aryl methyl sites for hydroxylation is 1. The van der Waals surface area contributed by atoms with Crippen molar-refractivity contribution >= 4 is 11.5 Å². The number of nitrogens with one attached hydrogen (secondary N) is 1. The number of carbonyl (C=O) groups is 1. The summed E-state index contributed by atoms with van der Waals surface area (Å²) in [6.45, 7) is 1.90. The Hall–Kier alpha value is -2.16. The van der Waals surface area contributed by atoms with Crippen molar-refractivity contribution in [3.05, 3.63) is 65.0 Å².